The molecule has 106 valence electrons. The summed E-state index contributed by atoms with van der Waals surface area (Å²) >= 11 is 0. The van der Waals surface area contributed by atoms with Gasteiger partial charge in [0.25, 0.3) is 0 Å². The number of fused-ring (bicyclic) bond motifs is 1. The summed E-state index contributed by atoms with van der Waals surface area (Å²) in [4.78, 5) is 5.20. The summed E-state index contributed by atoms with van der Waals surface area (Å²) in [5.74, 6) is 0.566. The van der Waals surface area contributed by atoms with Crippen LogP contribution in [0.25, 0.3) is 0 Å². The molecular weight excluding hydrogens is 236 g/mol. The molecule has 3 unspecified atom stereocenters. The summed E-state index contributed by atoms with van der Waals surface area (Å²) in [6.07, 6.45) is 5.12. The maximum atomic E-state index is 9.64. The summed E-state index contributed by atoms with van der Waals surface area (Å²) in [5, 5.41) is 13.0. The van der Waals surface area contributed by atoms with Crippen molar-refractivity contribution in [2.75, 3.05) is 33.2 Å². The van der Waals surface area contributed by atoms with Crippen molar-refractivity contribution >= 4 is 0 Å². The van der Waals surface area contributed by atoms with Crippen LogP contribution < -0.4 is 5.32 Å². The van der Waals surface area contributed by atoms with E-state index < -0.39 is 0 Å². The number of hydrogen-bond acceptors (Lipinski definition) is 4. The van der Waals surface area contributed by atoms with Gasteiger partial charge in [-0.15, -0.1) is 0 Å². The topological polar surface area (TPSA) is 42.3 Å². The van der Waals surface area contributed by atoms with Gasteiger partial charge in [0, 0.05) is 31.7 Å². The van der Waals surface area contributed by atoms with E-state index in [2.05, 4.69) is 28.1 Å². The number of piperazine rings is 1. The number of nitrogens with one attached hydrogen (secondary N) is 1. The highest BCUT2D eigenvalue weighted by molar-refractivity contribution is 5.17. The highest BCUT2D eigenvalue weighted by Crippen LogP contribution is 2.40. The molecule has 4 nitrogen and oxygen atoms in total. The largest absolute Gasteiger partial charge is 0.301 e. The molecule has 3 rings (SSSR count). The minimum atomic E-state index is -0.310. The van der Waals surface area contributed by atoms with Crippen molar-refractivity contribution in [1.82, 2.24) is 15.1 Å². The molecule has 3 atom stereocenters. The zero-order valence-electron chi connectivity index (χ0n) is 12.2. The molecule has 0 spiro atoms. The summed E-state index contributed by atoms with van der Waals surface area (Å²) in [6.45, 7) is 6.83. The van der Waals surface area contributed by atoms with Crippen LogP contribution in [-0.2, 0) is 0 Å². The van der Waals surface area contributed by atoms with Gasteiger partial charge >= 0.3 is 0 Å². The van der Waals surface area contributed by atoms with Crippen molar-refractivity contribution in [2.45, 2.75) is 50.2 Å². The van der Waals surface area contributed by atoms with Crippen molar-refractivity contribution in [2.24, 2.45) is 5.92 Å². The maximum Gasteiger partial charge on any atom is 0.122 e. The summed E-state index contributed by atoms with van der Waals surface area (Å²) in [6, 6.07) is 3.91. The molecule has 4 heteroatoms. The molecule has 3 fully saturated rings. The van der Waals surface area contributed by atoms with Crippen LogP contribution in [0.4, 0.5) is 0 Å². The molecule has 2 aliphatic heterocycles. The van der Waals surface area contributed by atoms with Gasteiger partial charge in [-0.05, 0) is 52.1 Å². The summed E-state index contributed by atoms with van der Waals surface area (Å²) in [7, 11) is 1.96. The fourth-order valence-electron chi connectivity index (χ4n) is 3.96. The molecule has 1 aliphatic carbocycles. The van der Waals surface area contributed by atoms with Crippen molar-refractivity contribution in [3.05, 3.63) is 0 Å². The molecule has 0 aromatic heterocycles. The van der Waals surface area contributed by atoms with Gasteiger partial charge in [0.15, 0.2) is 0 Å². The van der Waals surface area contributed by atoms with Crippen LogP contribution in [0.2, 0.25) is 0 Å². The van der Waals surface area contributed by atoms with Crippen LogP contribution in [0.5, 0.6) is 0 Å². The molecule has 0 aromatic carbocycles. The normalized spacial score (nSPS) is 35.6. The molecule has 1 N–H and O–H groups in total. The fraction of sp³-hybridized carbons (Fsp3) is 0.933. The lowest BCUT2D eigenvalue weighted by molar-refractivity contribution is 0.0428. The van der Waals surface area contributed by atoms with E-state index >= 15 is 0 Å². The van der Waals surface area contributed by atoms with Gasteiger partial charge in [0.05, 0.1) is 6.07 Å². The molecule has 3 aliphatic rings. The van der Waals surface area contributed by atoms with E-state index in [1.807, 2.05) is 7.05 Å². The molecule has 0 bridgehead atoms. The molecule has 0 radical (unpaired) electrons. The average Bonchev–Trinajstić information content (AvgIpc) is 3.17. The fourth-order valence-corrected chi connectivity index (χ4v) is 3.96. The Morgan fingerprint density at radius 1 is 1.32 bits per heavy atom. The number of nitriles is 1. The number of likely N-dealkylation sites (N-methyl/N-ethyl adjacent to an activating group) is 1. The van der Waals surface area contributed by atoms with Crippen molar-refractivity contribution in [3.8, 4) is 6.07 Å². The highest BCUT2D eigenvalue weighted by Gasteiger charge is 2.47. The summed E-state index contributed by atoms with van der Waals surface area (Å²) in [5.41, 5.74) is -0.310. The zero-order valence-corrected chi connectivity index (χ0v) is 12.2. The first-order valence-corrected chi connectivity index (χ1v) is 7.77. The lowest BCUT2D eigenvalue weighted by Crippen LogP contribution is -2.61. The average molecular weight is 262 g/mol. The number of rotatable bonds is 4. The second-order valence-electron chi connectivity index (χ2n) is 6.68. The Hall–Kier alpha value is -0.630. The van der Waals surface area contributed by atoms with Gasteiger partial charge in [-0.2, -0.15) is 5.26 Å². The monoisotopic (exact) mass is 262 g/mol. The highest BCUT2D eigenvalue weighted by atomic mass is 15.3. The molecule has 1 saturated carbocycles. The van der Waals surface area contributed by atoms with Crippen LogP contribution in [-0.4, -0.2) is 60.6 Å². The van der Waals surface area contributed by atoms with Crippen LogP contribution in [0.3, 0.4) is 0 Å². The van der Waals surface area contributed by atoms with E-state index in [9.17, 15) is 5.26 Å². The quantitative estimate of drug-likeness (QED) is 0.822. The Bertz CT molecular complexity index is 373. The van der Waals surface area contributed by atoms with Gasteiger partial charge in [-0.3, -0.25) is 9.80 Å². The van der Waals surface area contributed by atoms with E-state index in [1.54, 1.807) is 0 Å². The molecular formula is C15H26N4. The van der Waals surface area contributed by atoms with Crippen LogP contribution >= 0.6 is 0 Å². The van der Waals surface area contributed by atoms with Gasteiger partial charge < -0.3 is 5.32 Å². The number of nitrogens with zero attached hydrogens (tertiary/aromatic N) is 3. The van der Waals surface area contributed by atoms with E-state index in [-0.39, 0.29) is 5.54 Å². The van der Waals surface area contributed by atoms with E-state index in [4.69, 9.17) is 0 Å². The molecule has 19 heavy (non-hydrogen) atoms. The second-order valence-corrected chi connectivity index (χ2v) is 6.68. The first-order chi connectivity index (χ1) is 9.18. The predicted molar refractivity (Wildman–Crippen MR) is 75.8 cm³/mol. The molecule has 0 amide bonds. The van der Waals surface area contributed by atoms with E-state index in [0.717, 1.165) is 19.1 Å². The Morgan fingerprint density at radius 3 is 2.74 bits per heavy atom. The van der Waals surface area contributed by atoms with E-state index in [0.29, 0.717) is 12.0 Å². The van der Waals surface area contributed by atoms with Gasteiger partial charge in [-0.1, -0.05) is 0 Å². The maximum absolute atomic E-state index is 9.64. The predicted octanol–water partition coefficient (Wildman–Crippen LogP) is 1.05. The molecule has 2 heterocycles. The van der Waals surface area contributed by atoms with Crippen LogP contribution in [0, 0.1) is 17.2 Å². The van der Waals surface area contributed by atoms with Crippen LogP contribution in [0.1, 0.15) is 32.6 Å². The standard InChI is InChI=1S/C15H26N4/c1-12-8-18-7-3-4-14(18)9-19(12)11-15(10-16,17-2)13-5-6-13/h12-14,17H,3-9,11H2,1-2H3. The van der Waals surface area contributed by atoms with Gasteiger partial charge in [-0.25, -0.2) is 0 Å². The lowest BCUT2D eigenvalue weighted by atomic mass is 9.92. The third-order valence-electron chi connectivity index (χ3n) is 5.44. The Labute approximate surface area is 116 Å². The van der Waals surface area contributed by atoms with Crippen LogP contribution in [0.15, 0.2) is 0 Å². The lowest BCUT2D eigenvalue weighted by Gasteiger charge is -2.45. The first kappa shape index (κ1) is 13.4. The third kappa shape index (κ3) is 2.40. The van der Waals surface area contributed by atoms with E-state index in [1.165, 1.54) is 38.8 Å². The van der Waals surface area contributed by atoms with Crippen molar-refractivity contribution in [3.63, 3.8) is 0 Å². The van der Waals surface area contributed by atoms with Gasteiger partial charge in [0.1, 0.15) is 5.54 Å². The Balaban J connectivity index is 1.69. The smallest absolute Gasteiger partial charge is 0.122 e. The minimum absolute atomic E-state index is 0.310. The van der Waals surface area contributed by atoms with Gasteiger partial charge in [0.2, 0.25) is 0 Å². The first-order valence-electron chi connectivity index (χ1n) is 7.77. The van der Waals surface area contributed by atoms with Crippen molar-refractivity contribution in [1.29, 1.82) is 5.26 Å². The van der Waals surface area contributed by atoms with Crippen molar-refractivity contribution < 1.29 is 0 Å². The second kappa shape index (κ2) is 5.05. The number of hydrogen-bond donors (Lipinski definition) is 1. The minimum Gasteiger partial charge on any atom is -0.301 e. The zero-order chi connectivity index (χ0) is 13.5. The molecule has 2 saturated heterocycles. The Kier molecular flexibility index (Phi) is 3.55. The summed E-state index contributed by atoms with van der Waals surface area (Å²) < 4.78 is 0. The molecule has 0 aromatic rings. The Morgan fingerprint density at radius 2 is 2.11 bits per heavy atom. The third-order valence-corrected chi connectivity index (χ3v) is 5.44. The SMILES string of the molecule is CNC(C#N)(CN1CC2CCCN2CC1C)C1CC1.